The summed E-state index contributed by atoms with van der Waals surface area (Å²) in [6.07, 6.45) is 2.01. The second-order valence-corrected chi connectivity index (χ2v) is 8.00. The molecule has 2 aromatic rings. The zero-order chi connectivity index (χ0) is 15.1. The number of hydrogen-bond acceptors (Lipinski definition) is 5. The average Bonchev–Trinajstić information content (AvgIpc) is 3.08. The average molecular weight is 343 g/mol. The Labute approximate surface area is 135 Å². The van der Waals surface area contributed by atoms with Gasteiger partial charge >= 0.3 is 0 Å². The van der Waals surface area contributed by atoms with Gasteiger partial charge < -0.3 is 5.32 Å². The molecule has 1 atom stereocenters. The lowest BCUT2D eigenvalue weighted by Crippen LogP contribution is -2.27. The highest BCUT2D eigenvalue weighted by Gasteiger charge is 2.11. The van der Waals surface area contributed by atoms with Crippen LogP contribution in [-0.4, -0.2) is 20.9 Å². The number of nitrogens with one attached hydrogen (secondary N) is 1. The van der Waals surface area contributed by atoms with Crippen molar-refractivity contribution in [1.82, 2.24) is 10.3 Å². The van der Waals surface area contributed by atoms with Crippen molar-refractivity contribution in [2.75, 3.05) is 5.75 Å². The molecule has 0 fully saturated rings. The maximum atomic E-state index is 12.0. The zero-order valence-electron chi connectivity index (χ0n) is 11.8. The molecule has 0 aliphatic carbocycles. The first-order valence-electron chi connectivity index (χ1n) is 6.74. The number of thiazole rings is 1. The number of thiophene rings is 1. The molecular weight excluding hydrogens is 324 g/mol. The first-order chi connectivity index (χ1) is 10.2. The normalized spacial score (nSPS) is 12.2. The quantitative estimate of drug-likeness (QED) is 0.802. The molecule has 0 radical (unpaired) electrons. The molecule has 0 saturated carbocycles. The standard InChI is InChI=1S/C14H18N2O2S3/c1-2-4-14-16-11(8-20-14)9-21(18)10-13(17)15-7-12-5-3-6-19-12/h3,5-6,8H,2,4,7,9-10H2,1H3,(H,15,17). The molecule has 2 rings (SSSR count). The van der Waals surface area contributed by atoms with Crippen molar-refractivity contribution in [3.63, 3.8) is 0 Å². The van der Waals surface area contributed by atoms with Crippen LogP contribution in [0.2, 0.25) is 0 Å². The van der Waals surface area contributed by atoms with Crippen LogP contribution in [0, 0.1) is 0 Å². The monoisotopic (exact) mass is 342 g/mol. The first kappa shape index (κ1) is 16.3. The highest BCUT2D eigenvalue weighted by Crippen LogP contribution is 2.13. The second-order valence-electron chi connectivity index (χ2n) is 4.57. The molecule has 1 unspecified atom stereocenters. The van der Waals surface area contributed by atoms with Gasteiger partial charge in [-0.05, 0) is 24.3 Å². The van der Waals surface area contributed by atoms with Crippen LogP contribution in [0.5, 0.6) is 0 Å². The number of rotatable bonds is 8. The van der Waals surface area contributed by atoms with Gasteiger partial charge in [-0.25, -0.2) is 4.98 Å². The van der Waals surface area contributed by atoms with Crippen molar-refractivity contribution in [2.24, 2.45) is 0 Å². The number of hydrogen-bond donors (Lipinski definition) is 1. The van der Waals surface area contributed by atoms with E-state index < -0.39 is 10.8 Å². The summed E-state index contributed by atoms with van der Waals surface area (Å²) in [6, 6.07) is 3.91. The van der Waals surface area contributed by atoms with E-state index in [1.54, 1.807) is 22.7 Å². The van der Waals surface area contributed by atoms with E-state index in [1.807, 2.05) is 22.9 Å². The zero-order valence-corrected chi connectivity index (χ0v) is 14.3. The van der Waals surface area contributed by atoms with Gasteiger partial charge in [-0.2, -0.15) is 0 Å². The predicted octanol–water partition coefficient (Wildman–Crippen LogP) is 2.72. The minimum absolute atomic E-state index is 0.0337. The molecule has 0 aliphatic rings. The third-order valence-electron chi connectivity index (χ3n) is 2.70. The summed E-state index contributed by atoms with van der Waals surface area (Å²) >= 11 is 3.19. The fourth-order valence-corrected chi connectivity index (χ4v) is 4.38. The van der Waals surface area contributed by atoms with Gasteiger partial charge in [-0.1, -0.05) is 13.0 Å². The van der Waals surface area contributed by atoms with Crippen molar-refractivity contribution in [3.05, 3.63) is 38.5 Å². The van der Waals surface area contributed by atoms with Gasteiger partial charge in [0.05, 0.1) is 23.0 Å². The first-order valence-corrected chi connectivity index (χ1v) is 9.99. The van der Waals surface area contributed by atoms with Crippen LogP contribution in [-0.2, 0) is 34.3 Å². The summed E-state index contributed by atoms with van der Waals surface area (Å²) in [5.41, 5.74) is 0.827. The molecule has 7 heteroatoms. The van der Waals surface area contributed by atoms with E-state index in [-0.39, 0.29) is 11.7 Å². The van der Waals surface area contributed by atoms with Crippen LogP contribution < -0.4 is 5.32 Å². The van der Waals surface area contributed by atoms with E-state index in [0.29, 0.717) is 12.3 Å². The molecule has 0 aromatic carbocycles. The number of aromatic nitrogens is 1. The van der Waals surface area contributed by atoms with Crippen LogP contribution in [0.25, 0.3) is 0 Å². The Morgan fingerprint density at radius 2 is 2.29 bits per heavy atom. The summed E-state index contributed by atoms with van der Waals surface area (Å²) in [6.45, 7) is 2.61. The Kier molecular flexibility index (Phi) is 6.53. The lowest BCUT2D eigenvalue weighted by molar-refractivity contribution is -0.118. The fraction of sp³-hybridized carbons (Fsp3) is 0.429. The van der Waals surface area contributed by atoms with E-state index >= 15 is 0 Å². The van der Waals surface area contributed by atoms with E-state index in [9.17, 15) is 9.00 Å². The van der Waals surface area contributed by atoms with Gasteiger partial charge in [0.2, 0.25) is 5.91 Å². The Morgan fingerprint density at radius 3 is 3.00 bits per heavy atom. The summed E-state index contributed by atoms with van der Waals surface area (Å²) in [5.74, 6) is 0.212. The Balaban J connectivity index is 1.74. The number of amides is 1. The Bertz CT molecular complexity index is 593. The molecule has 1 N–H and O–H groups in total. The maximum absolute atomic E-state index is 12.0. The molecule has 0 aliphatic heterocycles. The van der Waals surface area contributed by atoms with Crippen molar-refractivity contribution < 1.29 is 9.00 Å². The van der Waals surface area contributed by atoms with Gasteiger partial charge in [0, 0.05) is 21.1 Å². The molecule has 0 bridgehead atoms. The minimum atomic E-state index is -1.20. The van der Waals surface area contributed by atoms with Gasteiger partial charge in [0.1, 0.15) is 5.75 Å². The smallest absolute Gasteiger partial charge is 0.232 e. The van der Waals surface area contributed by atoms with Gasteiger partial charge in [0.15, 0.2) is 0 Å². The summed E-state index contributed by atoms with van der Waals surface area (Å²) in [5, 5.41) is 7.77. The van der Waals surface area contributed by atoms with Crippen molar-refractivity contribution in [2.45, 2.75) is 32.1 Å². The van der Waals surface area contributed by atoms with Gasteiger partial charge in [-0.3, -0.25) is 9.00 Å². The van der Waals surface area contributed by atoms with Crippen LogP contribution in [0.1, 0.15) is 28.9 Å². The predicted molar refractivity (Wildman–Crippen MR) is 89.0 cm³/mol. The Morgan fingerprint density at radius 1 is 1.43 bits per heavy atom. The molecule has 4 nitrogen and oxygen atoms in total. The number of aryl methyl sites for hydroxylation is 1. The van der Waals surface area contributed by atoms with Crippen LogP contribution >= 0.6 is 22.7 Å². The number of carbonyl (C=O) groups excluding carboxylic acids is 1. The minimum Gasteiger partial charge on any atom is -0.350 e. The topological polar surface area (TPSA) is 59.1 Å². The van der Waals surface area contributed by atoms with E-state index in [2.05, 4.69) is 17.2 Å². The highest BCUT2D eigenvalue weighted by molar-refractivity contribution is 7.84. The van der Waals surface area contributed by atoms with Gasteiger partial charge in [0.25, 0.3) is 0 Å². The van der Waals surface area contributed by atoms with Crippen LogP contribution in [0.3, 0.4) is 0 Å². The third-order valence-corrected chi connectivity index (χ3v) is 5.74. The second kappa shape index (κ2) is 8.41. The highest BCUT2D eigenvalue weighted by atomic mass is 32.2. The molecule has 2 heterocycles. The fourth-order valence-electron chi connectivity index (χ4n) is 1.76. The lowest BCUT2D eigenvalue weighted by atomic mass is 10.3. The molecule has 0 spiro atoms. The van der Waals surface area contributed by atoms with Gasteiger partial charge in [-0.15, -0.1) is 22.7 Å². The van der Waals surface area contributed by atoms with E-state index in [1.165, 1.54) is 0 Å². The van der Waals surface area contributed by atoms with Crippen LogP contribution in [0.4, 0.5) is 0 Å². The molecule has 2 aromatic heterocycles. The largest absolute Gasteiger partial charge is 0.350 e. The molecule has 21 heavy (non-hydrogen) atoms. The number of nitrogens with zero attached hydrogens (tertiary/aromatic N) is 1. The van der Waals surface area contributed by atoms with Crippen LogP contribution in [0.15, 0.2) is 22.9 Å². The van der Waals surface area contributed by atoms with Crippen molar-refractivity contribution in [1.29, 1.82) is 0 Å². The van der Waals surface area contributed by atoms with E-state index in [0.717, 1.165) is 28.4 Å². The van der Waals surface area contributed by atoms with Crippen molar-refractivity contribution >= 4 is 39.4 Å². The van der Waals surface area contributed by atoms with E-state index in [4.69, 9.17) is 0 Å². The summed E-state index contributed by atoms with van der Waals surface area (Å²) in [7, 11) is -1.20. The molecule has 0 saturated heterocycles. The number of carbonyl (C=O) groups is 1. The SMILES string of the molecule is CCCc1nc(CS(=O)CC(=O)NCc2cccs2)cs1. The molecular formula is C14H18N2O2S3. The molecule has 114 valence electrons. The Hall–Kier alpha value is -1.05. The molecule has 1 amide bonds. The maximum Gasteiger partial charge on any atom is 0.232 e. The third kappa shape index (κ3) is 5.68. The summed E-state index contributed by atoms with van der Waals surface area (Å²) in [4.78, 5) is 17.3. The van der Waals surface area contributed by atoms with Crippen molar-refractivity contribution in [3.8, 4) is 0 Å². The lowest BCUT2D eigenvalue weighted by Gasteiger charge is -2.03. The summed E-state index contributed by atoms with van der Waals surface area (Å²) < 4.78 is 12.0.